The van der Waals surface area contributed by atoms with E-state index in [-0.39, 0.29) is 17.5 Å². The third kappa shape index (κ3) is 4.81. The van der Waals surface area contributed by atoms with Crippen molar-refractivity contribution in [3.05, 3.63) is 23.9 Å². The van der Waals surface area contributed by atoms with Crippen molar-refractivity contribution in [1.29, 1.82) is 0 Å². The van der Waals surface area contributed by atoms with Crippen LogP contribution in [0.2, 0.25) is 0 Å². The number of nitrogen functional groups attached to an aromatic ring is 1. The van der Waals surface area contributed by atoms with Gasteiger partial charge in [0.25, 0.3) is 5.91 Å². The zero-order valence-corrected chi connectivity index (χ0v) is 10.3. The molecule has 0 aliphatic heterocycles. The number of anilines is 1. The van der Waals surface area contributed by atoms with Gasteiger partial charge in [-0.15, -0.1) is 0 Å². The number of nitrogens with two attached hydrogens (primary N) is 1. The van der Waals surface area contributed by atoms with Gasteiger partial charge in [-0.05, 0) is 18.6 Å². The van der Waals surface area contributed by atoms with Crippen molar-refractivity contribution in [3.8, 4) is 0 Å². The van der Waals surface area contributed by atoms with Crippen molar-refractivity contribution in [3.63, 3.8) is 0 Å². The molecule has 0 aliphatic rings. The van der Waals surface area contributed by atoms with Crippen LogP contribution in [0, 0.1) is 0 Å². The Labute approximate surface area is 100 Å². The summed E-state index contributed by atoms with van der Waals surface area (Å²) >= 11 is 0. The number of aromatic nitrogens is 1. The van der Waals surface area contributed by atoms with E-state index in [2.05, 4.69) is 10.3 Å². The molecule has 7 heteroatoms. The van der Waals surface area contributed by atoms with Crippen molar-refractivity contribution in [2.75, 3.05) is 24.3 Å². The molecule has 0 fully saturated rings. The number of amides is 1. The number of nitrogens with zero attached hydrogens (tertiary/aromatic N) is 1. The van der Waals surface area contributed by atoms with E-state index >= 15 is 0 Å². The van der Waals surface area contributed by atoms with Gasteiger partial charge in [0.2, 0.25) is 0 Å². The fourth-order valence-electron chi connectivity index (χ4n) is 1.24. The SMILES string of the molecule is CS(=O)(=O)CCCNC(=O)c1cccnc1N. The average molecular weight is 257 g/mol. The molecule has 1 heterocycles. The van der Waals surface area contributed by atoms with Crippen LogP contribution in [0.1, 0.15) is 16.8 Å². The largest absolute Gasteiger partial charge is 0.383 e. The molecule has 0 saturated carbocycles. The van der Waals surface area contributed by atoms with Crippen LogP contribution < -0.4 is 11.1 Å². The highest BCUT2D eigenvalue weighted by Crippen LogP contribution is 2.05. The second-order valence-corrected chi connectivity index (χ2v) is 5.94. The van der Waals surface area contributed by atoms with Crippen molar-refractivity contribution >= 4 is 21.6 Å². The third-order valence-corrected chi connectivity index (χ3v) is 3.09. The molecule has 0 bridgehead atoms. The van der Waals surface area contributed by atoms with Crippen LogP contribution in [0.3, 0.4) is 0 Å². The summed E-state index contributed by atoms with van der Waals surface area (Å²) < 4.78 is 21.7. The van der Waals surface area contributed by atoms with Crippen LogP contribution in [0.5, 0.6) is 0 Å². The quantitative estimate of drug-likeness (QED) is 0.713. The Morgan fingerprint density at radius 1 is 1.53 bits per heavy atom. The summed E-state index contributed by atoms with van der Waals surface area (Å²) in [7, 11) is -2.98. The molecule has 0 atom stereocenters. The van der Waals surface area contributed by atoms with Gasteiger partial charge < -0.3 is 11.1 Å². The van der Waals surface area contributed by atoms with Crippen molar-refractivity contribution in [2.24, 2.45) is 0 Å². The van der Waals surface area contributed by atoms with Gasteiger partial charge in [-0.25, -0.2) is 13.4 Å². The van der Waals surface area contributed by atoms with E-state index in [0.29, 0.717) is 18.5 Å². The minimum Gasteiger partial charge on any atom is -0.383 e. The lowest BCUT2D eigenvalue weighted by molar-refractivity contribution is 0.0954. The molecule has 1 aromatic heterocycles. The zero-order valence-electron chi connectivity index (χ0n) is 9.51. The van der Waals surface area contributed by atoms with E-state index < -0.39 is 9.84 Å². The van der Waals surface area contributed by atoms with Gasteiger partial charge in [0.05, 0.1) is 11.3 Å². The number of pyridine rings is 1. The number of carbonyl (C=O) groups is 1. The van der Waals surface area contributed by atoms with E-state index in [4.69, 9.17) is 5.73 Å². The van der Waals surface area contributed by atoms with Crippen LogP contribution in [-0.4, -0.2) is 37.9 Å². The minimum absolute atomic E-state index is 0.0514. The maximum atomic E-state index is 11.6. The highest BCUT2D eigenvalue weighted by molar-refractivity contribution is 7.90. The molecule has 0 unspecified atom stereocenters. The molecular formula is C10H15N3O3S. The molecular weight excluding hydrogens is 242 g/mol. The van der Waals surface area contributed by atoms with E-state index in [1.807, 2.05) is 0 Å². The summed E-state index contributed by atoms with van der Waals surface area (Å²) in [6.45, 7) is 0.292. The Balaban J connectivity index is 2.44. The highest BCUT2D eigenvalue weighted by atomic mass is 32.2. The third-order valence-electron chi connectivity index (χ3n) is 2.06. The predicted octanol–water partition coefficient (Wildman–Crippen LogP) is -0.172. The fraction of sp³-hybridized carbons (Fsp3) is 0.400. The summed E-state index contributed by atoms with van der Waals surface area (Å²) in [5, 5.41) is 2.59. The standard InChI is InChI=1S/C10H15N3O3S/c1-17(15,16)7-3-6-13-10(14)8-4-2-5-12-9(8)11/h2,4-5H,3,6-7H2,1H3,(H2,11,12)(H,13,14). The number of hydrogen-bond acceptors (Lipinski definition) is 5. The Bertz CT molecular complexity index is 499. The van der Waals surface area contributed by atoms with Crippen LogP contribution in [0.4, 0.5) is 5.82 Å². The second-order valence-electron chi connectivity index (χ2n) is 3.68. The lowest BCUT2D eigenvalue weighted by Crippen LogP contribution is -2.26. The Hall–Kier alpha value is -1.63. The van der Waals surface area contributed by atoms with Gasteiger partial charge in [-0.3, -0.25) is 4.79 Å². The minimum atomic E-state index is -2.98. The topological polar surface area (TPSA) is 102 Å². The summed E-state index contributed by atoms with van der Waals surface area (Å²) in [5.41, 5.74) is 5.83. The smallest absolute Gasteiger partial charge is 0.255 e. The molecule has 0 aliphatic carbocycles. The molecule has 0 spiro atoms. The molecule has 94 valence electrons. The molecule has 17 heavy (non-hydrogen) atoms. The summed E-state index contributed by atoms with van der Waals surface area (Å²) in [4.78, 5) is 15.4. The maximum Gasteiger partial charge on any atom is 0.255 e. The molecule has 3 N–H and O–H groups in total. The van der Waals surface area contributed by atoms with Crippen LogP contribution in [-0.2, 0) is 9.84 Å². The average Bonchev–Trinajstić information content (AvgIpc) is 2.23. The zero-order chi connectivity index (χ0) is 12.9. The molecule has 0 saturated heterocycles. The number of hydrogen-bond donors (Lipinski definition) is 2. The fourth-order valence-corrected chi connectivity index (χ4v) is 1.91. The molecule has 0 radical (unpaired) electrons. The van der Waals surface area contributed by atoms with Gasteiger partial charge in [-0.2, -0.15) is 0 Å². The Morgan fingerprint density at radius 3 is 2.82 bits per heavy atom. The molecule has 0 aromatic carbocycles. The second kappa shape index (κ2) is 5.62. The molecule has 1 amide bonds. The van der Waals surface area contributed by atoms with Crippen molar-refractivity contribution < 1.29 is 13.2 Å². The van der Waals surface area contributed by atoms with E-state index in [1.54, 1.807) is 12.1 Å². The number of sulfone groups is 1. The first-order valence-corrected chi connectivity index (χ1v) is 7.12. The Morgan fingerprint density at radius 2 is 2.24 bits per heavy atom. The Kier molecular flexibility index (Phi) is 4.45. The first-order valence-electron chi connectivity index (χ1n) is 5.06. The van der Waals surface area contributed by atoms with Crippen LogP contribution in [0.25, 0.3) is 0 Å². The molecule has 1 rings (SSSR count). The summed E-state index contributed by atoms with van der Waals surface area (Å²) in [6.07, 6.45) is 3.04. The van der Waals surface area contributed by atoms with Crippen LogP contribution in [0.15, 0.2) is 18.3 Å². The number of carbonyl (C=O) groups excluding carboxylic acids is 1. The van der Waals surface area contributed by atoms with E-state index in [1.165, 1.54) is 6.20 Å². The van der Waals surface area contributed by atoms with Gasteiger partial charge in [0.15, 0.2) is 0 Å². The molecule has 6 nitrogen and oxygen atoms in total. The van der Waals surface area contributed by atoms with Crippen molar-refractivity contribution in [2.45, 2.75) is 6.42 Å². The number of nitrogens with one attached hydrogen (secondary N) is 1. The van der Waals surface area contributed by atoms with Crippen molar-refractivity contribution in [1.82, 2.24) is 10.3 Å². The van der Waals surface area contributed by atoms with Gasteiger partial charge in [0, 0.05) is 19.0 Å². The number of rotatable bonds is 5. The summed E-state index contributed by atoms with van der Waals surface area (Å²) in [6, 6.07) is 3.18. The normalized spacial score (nSPS) is 11.1. The molecule has 1 aromatic rings. The van der Waals surface area contributed by atoms with E-state index in [0.717, 1.165) is 6.26 Å². The van der Waals surface area contributed by atoms with Gasteiger partial charge >= 0.3 is 0 Å². The van der Waals surface area contributed by atoms with E-state index in [9.17, 15) is 13.2 Å². The lowest BCUT2D eigenvalue weighted by Gasteiger charge is -2.06. The van der Waals surface area contributed by atoms with Gasteiger partial charge in [-0.1, -0.05) is 0 Å². The summed E-state index contributed by atoms with van der Waals surface area (Å²) in [5.74, 6) is -0.132. The van der Waals surface area contributed by atoms with Crippen LogP contribution >= 0.6 is 0 Å². The predicted molar refractivity (Wildman–Crippen MR) is 65.3 cm³/mol. The maximum absolute atomic E-state index is 11.6. The lowest BCUT2D eigenvalue weighted by atomic mass is 10.2. The van der Waals surface area contributed by atoms with Gasteiger partial charge in [0.1, 0.15) is 15.7 Å². The first kappa shape index (κ1) is 13.4. The highest BCUT2D eigenvalue weighted by Gasteiger charge is 2.09. The monoisotopic (exact) mass is 257 g/mol. The first-order chi connectivity index (χ1) is 7.90.